The zero-order valence-corrected chi connectivity index (χ0v) is 24.6. The van der Waals surface area contributed by atoms with E-state index < -0.39 is 41.4 Å². The molecule has 2 amide bonds. The van der Waals surface area contributed by atoms with Crippen molar-refractivity contribution in [2.24, 2.45) is 5.73 Å². The van der Waals surface area contributed by atoms with Gasteiger partial charge in [0, 0.05) is 24.1 Å². The van der Waals surface area contributed by atoms with E-state index in [1.807, 2.05) is 0 Å². The second-order valence-electron chi connectivity index (χ2n) is 10.8. The van der Waals surface area contributed by atoms with Crippen molar-refractivity contribution < 1.29 is 36.8 Å². The third-order valence-electron chi connectivity index (χ3n) is 7.58. The fourth-order valence-electron chi connectivity index (χ4n) is 5.12. The minimum absolute atomic E-state index is 0.0845. The smallest absolute Gasteiger partial charge is 0.407 e. The van der Waals surface area contributed by atoms with Gasteiger partial charge in [0.15, 0.2) is 5.76 Å². The summed E-state index contributed by atoms with van der Waals surface area (Å²) in [6.07, 6.45) is 3.64. The summed E-state index contributed by atoms with van der Waals surface area (Å²) in [5.74, 6) is -2.40. The number of pyridine rings is 1. The molecule has 5 rings (SSSR count). The summed E-state index contributed by atoms with van der Waals surface area (Å²) in [4.78, 5) is 29.2. The average Bonchev–Trinajstić information content (AvgIpc) is 3.59. The monoisotopic (exact) mass is 638 g/mol. The Morgan fingerprint density at radius 1 is 1.02 bits per heavy atom. The number of nitrogens with two attached hydrogens (primary N) is 1. The Bertz CT molecular complexity index is 1540. The van der Waals surface area contributed by atoms with E-state index in [1.54, 1.807) is 6.07 Å². The highest BCUT2D eigenvalue weighted by Gasteiger charge is 2.29. The Labute approximate surface area is 262 Å². The van der Waals surface area contributed by atoms with Gasteiger partial charge in [0.1, 0.15) is 24.1 Å². The predicted molar refractivity (Wildman–Crippen MR) is 160 cm³/mol. The molecule has 0 radical (unpaired) electrons. The van der Waals surface area contributed by atoms with E-state index in [-0.39, 0.29) is 49.6 Å². The van der Waals surface area contributed by atoms with E-state index in [9.17, 15) is 22.8 Å². The van der Waals surface area contributed by atoms with Gasteiger partial charge in [0.05, 0.1) is 55.6 Å². The molecule has 1 aliphatic heterocycles. The maximum Gasteiger partial charge on any atom is 0.407 e. The molecule has 2 aromatic carbocycles. The van der Waals surface area contributed by atoms with Crippen LogP contribution in [0, 0.1) is 17.5 Å². The molecule has 4 aromatic rings. The summed E-state index contributed by atoms with van der Waals surface area (Å²) in [6.45, 7) is 0.940. The molecule has 0 unspecified atom stereocenters. The summed E-state index contributed by atoms with van der Waals surface area (Å²) < 4.78 is 58.3. The van der Waals surface area contributed by atoms with Crippen molar-refractivity contribution in [2.45, 2.75) is 43.5 Å². The van der Waals surface area contributed by atoms with Crippen LogP contribution in [0.3, 0.4) is 0 Å². The number of ether oxygens (including phenoxy) is 2. The average molecular weight is 639 g/mol. The highest BCUT2D eigenvalue weighted by Crippen LogP contribution is 2.29. The van der Waals surface area contributed by atoms with E-state index in [4.69, 9.17) is 19.7 Å². The van der Waals surface area contributed by atoms with Crippen LogP contribution in [0.25, 0.3) is 0 Å². The highest BCUT2D eigenvalue weighted by molar-refractivity contribution is 5.96. The number of halogens is 3. The topological polar surface area (TPSA) is 154 Å². The van der Waals surface area contributed by atoms with Gasteiger partial charge in [0.2, 0.25) is 5.91 Å². The number of carbonyl (C=O) groups excluding carboxylic acids is 2. The van der Waals surface area contributed by atoms with E-state index in [1.165, 1.54) is 60.9 Å². The first-order valence-electron chi connectivity index (χ1n) is 14.6. The Morgan fingerprint density at radius 2 is 1.72 bits per heavy atom. The lowest BCUT2D eigenvalue weighted by atomic mass is 9.85. The van der Waals surface area contributed by atoms with E-state index >= 15 is 0 Å². The first-order chi connectivity index (χ1) is 22.3. The number of carbonyl (C=O) groups is 2. The number of aromatic nitrogens is 2. The van der Waals surface area contributed by atoms with Gasteiger partial charge in [-0.05, 0) is 48.2 Å². The SMILES string of the molecule is N[C@H](C(=O)Nc1cncc(F)c1CC[C@@H]1CN[C@H](COC(=O)NCc2ccno2)CO1)C(c1ccc(F)cc1)c1ccc(F)cc1. The molecule has 242 valence electrons. The summed E-state index contributed by atoms with van der Waals surface area (Å²) in [5.41, 5.74) is 7.92. The fraction of sp³-hybridized carbons (Fsp3) is 0.312. The molecular formula is C32H33F3N6O5. The van der Waals surface area contributed by atoms with Gasteiger partial charge >= 0.3 is 6.09 Å². The largest absolute Gasteiger partial charge is 0.448 e. The van der Waals surface area contributed by atoms with Crippen LogP contribution in [0.2, 0.25) is 0 Å². The molecule has 5 N–H and O–H groups in total. The third-order valence-corrected chi connectivity index (χ3v) is 7.58. The minimum Gasteiger partial charge on any atom is -0.448 e. The minimum atomic E-state index is -1.19. The fourth-order valence-corrected chi connectivity index (χ4v) is 5.12. The molecular weight excluding hydrogens is 605 g/mol. The van der Waals surface area contributed by atoms with Gasteiger partial charge in [0.25, 0.3) is 0 Å². The molecule has 1 aliphatic rings. The number of nitrogens with one attached hydrogen (secondary N) is 3. The molecule has 11 nitrogen and oxygen atoms in total. The van der Waals surface area contributed by atoms with Crippen LogP contribution in [-0.4, -0.2) is 60.1 Å². The van der Waals surface area contributed by atoms with Crippen LogP contribution < -0.4 is 21.7 Å². The second-order valence-corrected chi connectivity index (χ2v) is 10.8. The second kappa shape index (κ2) is 15.5. The lowest BCUT2D eigenvalue weighted by molar-refractivity contribution is -0.117. The van der Waals surface area contributed by atoms with Crippen molar-refractivity contribution in [3.8, 4) is 0 Å². The number of hydrogen-bond acceptors (Lipinski definition) is 9. The van der Waals surface area contributed by atoms with Crippen molar-refractivity contribution in [1.29, 1.82) is 0 Å². The number of rotatable bonds is 12. The van der Waals surface area contributed by atoms with Crippen molar-refractivity contribution in [3.05, 3.63) is 113 Å². The number of hydrogen-bond donors (Lipinski definition) is 4. The van der Waals surface area contributed by atoms with E-state index in [0.717, 1.165) is 6.20 Å². The van der Waals surface area contributed by atoms with Crippen LogP contribution in [0.5, 0.6) is 0 Å². The normalized spacial score (nSPS) is 17.0. The maximum absolute atomic E-state index is 15.0. The standard InChI is InChI=1S/C32H33F3N6O5/c33-21-5-1-19(2-6-21)29(20-3-7-22(34)8-4-20)30(36)31(42)41-28-16-37-15-27(35)26(28)10-9-24-13-38-23(17-44-24)18-45-32(43)39-14-25-11-12-40-46-25/h1-8,11-12,15-16,23-24,29-30,38H,9-10,13-14,17-18,36H2,(H,39,43)(H,41,42)/t23-,24+,30-/m0/s1. The number of anilines is 1. The van der Waals surface area contributed by atoms with Gasteiger partial charge in [-0.25, -0.2) is 18.0 Å². The van der Waals surface area contributed by atoms with Crippen LogP contribution in [0.15, 0.2) is 77.7 Å². The van der Waals surface area contributed by atoms with Crippen molar-refractivity contribution in [2.75, 3.05) is 25.1 Å². The molecule has 3 heterocycles. The number of amides is 2. The number of alkyl carbamates (subject to hydrolysis) is 1. The van der Waals surface area contributed by atoms with Crippen molar-refractivity contribution in [3.63, 3.8) is 0 Å². The molecule has 0 saturated carbocycles. The molecule has 0 aliphatic carbocycles. The van der Waals surface area contributed by atoms with Crippen LogP contribution in [-0.2, 0) is 27.2 Å². The molecule has 14 heteroatoms. The van der Waals surface area contributed by atoms with Crippen LogP contribution in [0.1, 0.15) is 34.8 Å². The molecule has 0 bridgehead atoms. The Balaban J connectivity index is 1.15. The predicted octanol–water partition coefficient (Wildman–Crippen LogP) is 3.80. The van der Waals surface area contributed by atoms with Gasteiger partial charge in [-0.1, -0.05) is 29.4 Å². The lowest BCUT2D eigenvalue weighted by Crippen LogP contribution is -2.49. The van der Waals surface area contributed by atoms with E-state index in [0.29, 0.717) is 29.9 Å². The molecule has 46 heavy (non-hydrogen) atoms. The van der Waals surface area contributed by atoms with Gasteiger partial charge in [-0.3, -0.25) is 9.78 Å². The van der Waals surface area contributed by atoms with Crippen LogP contribution >= 0.6 is 0 Å². The summed E-state index contributed by atoms with van der Waals surface area (Å²) in [6, 6.07) is 11.3. The Morgan fingerprint density at radius 3 is 2.33 bits per heavy atom. The molecule has 0 spiro atoms. The lowest BCUT2D eigenvalue weighted by Gasteiger charge is -2.30. The van der Waals surface area contributed by atoms with Gasteiger partial charge in [-0.2, -0.15) is 0 Å². The van der Waals surface area contributed by atoms with Crippen molar-refractivity contribution in [1.82, 2.24) is 20.8 Å². The summed E-state index contributed by atoms with van der Waals surface area (Å²) in [5, 5.41) is 12.1. The molecule has 1 saturated heterocycles. The summed E-state index contributed by atoms with van der Waals surface area (Å²) >= 11 is 0. The number of nitrogens with zero attached hydrogens (tertiary/aromatic N) is 2. The number of morpholine rings is 1. The molecule has 1 fully saturated rings. The third kappa shape index (κ3) is 8.68. The molecule has 3 atom stereocenters. The van der Waals surface area contributed by atoms with Crippen LogP contribution in [0.4, 0.5) is 23.7 Å². The number of benzene rings is 2. The maximum atomic E-state index is 15.0. The van der Waals surface area contributed by atoms with Crippen molar-refractivity contribution >= 4 is 17.7 Å². The summed E-state index contributed by atoms with van der Waals surface area (Å²) in [7, 11) is 0. The zero-order valence-electron chi connectivity index (χ0n) is 24.6. The Kier molecular flexibility index (Phi) is 11.0. The molecule has 2 aromatic heterocycles. The van der Waals surface area contributed by atoms with Gasteiger partial charge in [-0.15, -0.1) is 0 Å². The zero-order chi connectivity index (χ0) is 32.5. The Hall–Kier alpha value is -4.79. The quantitative estimate of drug-likeness (QED) is 0.182. The highest BCUT2D eigenvalue weighted by atomic mass is 19.1. The first kappa shape index (κ1) is 32.6. The first-order valence-corrected chi connectivity index (χ1v) is 14.6. The van der Waals surface area contributed by atoms with E-state index in [2.05, 4.69) is 26.1 Å². The van der Waals surface area contributed by atoms with Gasteiger partial charge < -0.3 is 35.7 Å².